The SMILES string of the molecule is Cc1nnsc1C(=O)Nc1cccc(C#CCCO)c1. The van der Waals surface area contributed by atoms with Crippen molar-refractivity contribution in [1.29, 1.82) is 0 Å². The van der Waals surface area contributed by atoms with Crippen molar-refractivity contribution >= 4 is 23.1 Å². The monoisotopic (exact) mass is 287 g/mol. The first-order valence-corrected chi connectivity index (χ1v) is 6.78. The molecule has 0 saturated heterocycles. The highest BCUT2D eigenvalue weighted by atomic mass is 32.1. The van der Waals surface area contributed by atoms with E-state index >= 15 is 0 Å². The van der Waals surface area contributed by atoms with Crippen molar-refractivity contribution in [2.45, 2.75) is 13.3 Å². The van der Waals surface area contributed by atoms with Gasteiger partial charge >= 0.3 is 0 Å². The number of rotatable bonds is 3. The van der Waals surface area contributed by atoms with Gasteiger partial charge in [-0.2, -0.15) is 0 Å². The lowest BCUT2D eigenvalue weighted by molar-refractivity contribution is 0.103. The zero-order chi connectivity index (χ0) is 14.4. The Morgan fingerprint density at radius 1 is 1.50 bits per heavy atom. The fourth-order valence-corrected chi connectivity index (χ4v) is 2.07. The minimum atomic E-state index is -0.224. The summed E-state index contributed by atoms with van der Waals surface area (Å²) in [5.41, 5.74) is 2.07. The van der Waals surface area contributed by atoms with Crippen molar-refractivity contribution in [2.75, 3.05) is 11.9 Å². The van der Waals surface area contributed by atoms with Crippen molar-refractivity contribution in [1.82, 2.24) is 9.59 Å². The highest BCUT2D eigenvalue weighted by Crippen LogP contribution is 2.14. The van der Waals surface area contributed by atoms with Crippen LogP contribution >= 0.6 is 11.5 Å². The molecule has 0 aliphatic heterocycles. The van der Waals surface area contributed by atoms with Gasteiger partial charge in [0, 0.05) is 17.7 Å². The summed E-state index contributed by atoms with van der Waals surface area (Å²) in [6.45, 7) is 1.79. The highest BCUT2D eigenvalue weighted by Gasteiger charge is 2.13. The zero-order valence-corrected chi connectivity index (χ0v) is 11.7. The Morgan fingerprint density at radius 2 is 2.35 bits per heavy atom. The number of nitrogens with zero attached hydrogens (tertiary/aromatic N) is 2. The smallest absolute Gasteiger partial charge is 0.269 e. The fourth-order valence-electron chi connectivity index (χ4n) is 1.52. The number of aromatic nitrogens is 2. The second-order valence-corrected chi connectivity index (χ2v) is 4.75. The Kier molecular flexibility index (Phi) is 4.82. The molecule has 1 heterocycles. The van der Waals surface area contributed by atoms with Gasteiger partial charge in [-0.1, -0.05) is 22.4 Å². The molecule has 20 heavy (non-hydrogen) atoms. The third-order valence-electron chi connectivity index (χ3n) is 2.45. The predicted molar refractivity (Wildman–Crippen MR) is 77.6 cm³/mol. The van der Waals surface area contributed by atoms with Gasteiger partial charge in [-0.15, -0.1) is 5.10 Å². The number of carbonyl (C=O) groups is 1. The molecule has 1 aromatic heterocycles. The molecule has 0 saturated carbocycles. The van der Waals surface area contributed by atoms with Gasteiger partial charge in [-0.05, 0) is 36.7 Å². The molecule has 0 aliphatic carbocycles. The van der Waals surface area contributed by atoms with Crippen LogP contribution in [0.1, 0.15) is 27.3 Å². The molecule has 0 radical (unpaired) electrons. The molecule has 1 amide bonds. The first kappa shape index (κ1) is 14.2. The van der Waals surface area contributed by atoms with Crippen LogP contribution in [0.15, 0.2) is 24.3 Å². The van der Waals surface area contributed by atoms with Crippen LogP contribution in [-0.2, 0) is 0 Å². The van der Waals surface area contributed by atoms with E-state index in [1.165, 1.54) is 0 Å². The molecule has 0 unspecified atom stereocenters. The van der Waals surface area contributed by atoms with Gasteiger partial charge in [0.1, 0.15) is 4.88 Å². The molecule has 0 aliphatic rings. The number of nitrogens with one attached hydrogen (secondary N) is 1. The quantitative estimate of drug-likeness (QED) is 0.845. The minimum Gasteiger partial charge on any atom is -0.395 e. The number of benzene rings is 1. The lowest BCUT2D eigenvalue weighted by atomic mass is 10.2. The van der Waals surface area contributed by atoms with Crippen LogP contribution in [0.3, 0.4) is 0 Å². The van der Waals surface area contributed by atoms with Crippen molar-refractivity contribution < 1.29 is 9.90 Å². The van der Waals surface area contributed by atoms with Gasteiger partial charge in [-0.3, -0.25) is 4.79 Å². The highest BCUT2D eigenvalue weighted by molar-refractivity contribution is 7.08. The molecule has 1 aromatic carbocycles. The summed E-state index contributed by atoms with van der Waals surface area (Å²) in [7, 11) is 0. The number of carbonyl (C=O) groups excluding carboxylic acids is 1. The van der Waals surface area contributed by atoms with Gasteiger partial charge < -0.3 is 10.4 Å². The van der Waals surface area contributed by atoms with Gasteiger partial charge in [0.25, 0.3) is 5.91 Å². The normalized spacial score (nSPS) is 9.70. The summed E-state index contributed by atoms with van der Waals surface area (Å²) in [6.07, 6.45) is 0.433. The molecule has 0 bridgehead atoms. The molecule has 0 fully saturated rings. The third-order valence-corrected chi connectivity index (χ3v) is 3.27. The first-order chi connectivity index (χ1) is 9.70. The van der Waals surface area contributed by atoms with E-state index in [0.29, 0.717) is 22.7 Å². The second-order valence-electron chi connectivity index (χ2n) is 4.00. The molecule has 0 spiro atoms. The molecule has 2 aromatic rings. The van der Waals surface area contributed by atoms with Crippen LogP contribution in [0.4, 0.5) is 5.69 Å². The van der Waals surface area contributed by atoms with Gasteiger partial charge in [0.2, 0.25) is 0 Å². The molecule has 0 atom stereocenters. The van der Waals surface area contributed by atoms with Crippen molar-refractivity contribution in [3.8, 4) is 11.8 Å². The number of aliphatic hydroxyl groups excluding tert-OH is 1. The second kappa shape index (κ2) is 6.80. The Balaban J connectivity index is 2.11. The fraction of sp³-hybridized carbons (Fsp3) is 0.214. The average Bonchev–Trinajstić information content (AvgIpc) is 2.86. The van der Waals surface area contributed by atoms with E-state index in [4.69, 9.17) is 5.11 Å². The van der Waals surface area contributed by atoms with Crippen molar-refractivity contribution in [3.63, 3.8) is 0 Å². The minimum absolute atomic E-state index is 0.0427. The molecular formula is C14H13N3O2S. The summed E-state index contributed by atoms with van der Waals surface area (Å²) < 4.78 is 3.74. The van der Waals surface area contributed by atoms with E-state index in [1.54, 1.807) is 19.1 Å². The number of hydrogen-bond acceptors (Lipinski definition) is 5. The van der Waals surface area contributed by atoms with Crippen LogP contribution in [0.2, 0.25) is 0 Å². The number of hydrogen-bond donors (Lipinski definition) is 2. The molecule has 102 valence electrons. The Morgan fingerprint density at radius 3 is 3.05 bits per heavy atom. The number of amides is 1. The van der Waals surface area contributed by atoms with E-state index < -0.39 is 0 Å². The Labute approximate surface area is 120 Å². The van der Waals surface area contributed by atoms with Crippen LogP contribution < -0.4 is 5.32 Å². The van der Waals surface area contributed by atoms with Gasteiger partial charge in [-0.25, -0.2) is 0 Å². The van der Waals surface area contributed by atoms with E-state index in [0.717, 1.165) is 17.1 Å². The summed E-state index contributed by atoms with van der Waals surface area (Å²) >= 11 is 1.07. The van der Waals surface area contributed by atoms with E-state index in [9.17, 15) is 4.79 Å². The van der Waals surface area contributed by atoms with Gasteiger partial charge in [0.15, 0.2) is 0 Å². The number of anilines is 1. The maximum Gasteiger partial charge on any atom is 0.269 e. The number of aliphatic hydroxyl groups is 1. The summed E-state index contributed by atoms with van der Waals surface area (Å²) in [5.74, 6) is 5.54. The van der Waals surface area contributed by atoms with Crippen LogP contribution in [0.5, 0.6) is 0 Å². The predicted octanol–water partition coefficient (Wildman–Crippen LogP) is 1.83. The average molecular weight is 287 g/mol. The molecule has 2 rings (SSSR count). The molecule has 6 heteroatoms. The summed E-state index contributed by atoms with van der Waals surface area (Å²) in [6, 6.07) is 7.24. The molecular weight excluding hydrogens is 274 g/mol. The van der Waals surface area contributed by atoms with Crippen LogP contribution in [0, 0.1) is 18.8 Å². The topological polar surface area (TPSA) is 75.1 Å². The molecule has 2 N–H and O–H groups in total. The standard InChI is InChI=1S/C14H13N3O2S/c1-10-13(20-17-16-10)14(19)15-12-7-4-6-11(9-12)5-2-3-8-18/h4,6-7,9,18H,3,8H2,1H3,(H,15,19). The maximum atomic E-state index is 12.0. The van der Waals surface area contributed by atoms with E-state index in [1.807, 2.05) is 12.1 Å². The Hall–Kier alpha value is -2.23. The van der Waals surface area contributed by atoms with Crippen molar-refractivity contribution in [2.24, 2.45) is 0 Å². The Bertz CT molecular complexity index is 670. The van der Waals surface area contributed by atoms with Crippen molar-refractivity contribution in [3.05, 3.63) is 40.4 Å². The summed E-state index contributed by atoms with van der Waals surface area (Å²) in [5, 5.41) is 15.3. The van der Waals surface area contributed by atoms with Crippen LogP contribution in [0.25, 0.3) is 0 Å². The third kappa shape index (κ3) is 3.63. The lowest BCUT2D eigenvalue weighted by Gasteiger charge is -2.03. The first-order valence-electron chi connectivity index (χ1n) is 6.01. The molecule has 5 nitrogen and oxygen atoms in total. The maximum absolute atomic E-state index is 12.0. The largest absolute Gasteiger partial charge is 0.395 e. The zero-order valence-electron chi connectivity index (χ0n) is 10.9. The van der Waals surface area contributed by atoms with Gasteiger partial charge in [0.05, 0.1) is 12.3 Å². The number of aryl methyl sites for hydroxylation is 1. The van der Waals surface area contributed by atoms with Crippen LogP contribution in [-0.4, -0.2) is 27.2 Å². The lowest BCUT2D eigenvalue weighted by Crippen LogP contribution is -2.11. The van der Waals surface area contributed by atoms with E-state index in [-0.39, 0.29) is 12.5 Å². The summed E-state index contributed by atoms with van der Waals surface area (Å²) in [4.78, 5) is 12.5. The van der Waals surface area contributed by atoms with E-state index in [2.05, 4.69) is 26.7 Å².